The topological polar surface area (TPSA) is 30.7 Å². The van der Waals surface area contributed by atoms with Crippen LogP contribution in [0.5, 0.6) is 0 Å². The molecule has 0 radical (unpaired) electrons. The molecule has 1 aromatic heterocycles. The molecule has 0 unspecified atom stereocenters. The van der Waals surface area contributed by atoms with Crippen molar-refractivity contribution >= 4 is 0 Å². The average molecular weight is 277 g/mol. The SMILES string of the molecule is C[C@H](Cc1ccccc1)Cc1cn(-c2ccccc2)nn1. The van der Waals surface area contributed by atoms with E-state index in [0.717, 1.165) is 24.2 Å². The predicted octanol–water partition coefficient (Wildman–Crippen LogP) is 3.69. The lowest BCUT2D eigenvalue weighted by Crippen LogP contribution is -2.04. The van der Waals surface area contributed by atoms with Crippen LogP contribution >= 0.6 is 0 Å². The highest BCUT2D eigenvalue weighted by atomic mass is 15.4. The minimum Gasteiger partial charge on any atom is -0.220 e. The van der Waals surface area contributed by atoms with E-state index in [4.69, 9.17) is 0 Å². The molecule has 0 aliphatic heterocycles. The summed E-state index contributed by atoms with van der Waals surface area (Å²) in [7, 11) is 0. The minimum absolute atomic E-state index is 0.549. The summed E-state index contributed by atoms with van der Waals surface area (Å²) >= 11 is 0. The van der Waals surface area contributed by atoms with E-state index in [1.54, 1.807) is 0 Å². The summed E-state index contributed by atoms with van der Waals surface area (Å²) < 4.78 is 1.84. The van der Waals surface area contributed by atoms with Crippen LogP contribution in [0, 0.1) is 5.92 Å². The molecule has 0 amide bonds. The number of benzene rings is 2. The number of para-hydroxylation sites is 1. The molecule has 0 fully saturated rings. The van der Waals surface area contributed by atoms with Gasteiger partial charge in [0.2, 0.25) is 0 Å². The van der Waals surface area contributed by atoms with Gasteiger partial charge in [0.25, 0.3) is 0 Å². The second-order valence-corrected chi connectivity index (χ2v) is 5.49. The Labute approximate surface area is 125 Å². The molecule has 21 heavy (non-hydrogen) atoms. The van der Waals surface area contributed by atoms with Gasteiger partial charge in [-0.3, -0.25) is 0 Å². The predicted molar refractivity (Wildman–Crippen MR) is 84.4 cm³/mol. The van der Waals surface area contributed by atoms with Crippen molar-refractivity contribution in [1.29, 1.82) is 0 Å². The molecule has 1 atom stereocenters. The van der Waals surface area contributed by atoms with Gasteiger partial charge in [-0.2, -0.15) is 0 Å². The van der Waals surface area contributed by atoms with Crippen LogP contribution in [-0.4, -0.2) is 15.0 Å². The first-order chi connectivity index (χ1) is 10.3. The van der Waals surface area contributed by atoms with Gasteiger partial charge in [0.1, 0.15) is 0 Å². The van der Waals surface area contributed by atoms with E-state index >= 15 is 0 Å². The van der Waals surface area contributed by atoms with Crippen LogP contribution in [0.15, 0.2) is 66.9 Å². The van der Waals surface area contributed by atoms with E-state index in [1.807, 2.05) is 41.2 Å². The van der Waals surface area contributed by atoms with Gasteiger partial charge in [-0.15, -0.1) is 5.10 Å². The van der Waals surface area contributed by atoms with Gasteiger partial charge in [0.05, 0.1) is 17.6 Å². The second-order valence-electron chi connectivity index (χ2n) is 5.49. The fourth-order valence-corrected chi connectivity index (χ4v) is 2.54. The van der Waals surface area contributed by atoms with E-state index in [0.29, 0.717) is 5.92 Å². The van der Waals surface area contributed by atoms with Gasteiger partial charge in [-0.05, 0) is 36.5 Å². The molecule has 0 saturated heterocycles. The van der Waals surface area contributed by atoms with E-state index in [9.17, 15) is 0 Å². The van der Waals surface area contributed by atoms with Crippen LogP contribution in [0.1, 0.15) is 18.2 Å². The Balaban J connectivity index is 1.65. The van der Waals surface area contributed by atoms with Gasteiger partial charge < -0.3 is 0 Å². The first-order valence-electron chi connectivity index (χ1n) is 7.32. The smallest absolute Gasteiger partial charge is 0.0834 e. The quantitative estimate of drug-likeness (QED) is 0.712. The number of nitrogens with zero attached hydrogens (tertiary/aromatic N) is 3. The Morgan fingerprint density at radius 1 is 0.905 bits per heavy atom. The monoisotopic (exact) mass is 277 g/mol. The molecule has 0 spiro atoms. The van der Waals surface area contributed by atoms with Gasteiger partial charge in [-0.25, -0.2) is 4.68 Å². The molecule has 0 aliphatic rings. The number of rotatable bonds is 5. The van der Waals surface area contributed by atoms with E-state index in [1.165, 1.54) is 5.56 Å². The first kappa shape index (κ1) is 13.6. The summed E-state index contributed by atoms with van der Waals surface area (Å²) in [6.07, 6.45) is 4.04. The molecule has 106 valence electrons. The highest BCUT2D eigenvalue weighted by Gasteiger charge is 2.09. The fraction of sp³-hybridized carbons (Fsp3) is 0.222. The maximum atomic E-state index is 4.29. The molecule has 1 heterocycles. The Morgan fingerprint density at radius 2 is 1.57 bits per heavy atom. The largest absolute Gasteiger partial charge is 0.220 e. The third-order valence-corrected chi connectivity index (χ3v) is 3.55. The molecule has 2 aromatic carbocycles. The molecule has 0 saturated carbocycles. The highest BCUT2D eigenvalue weighted by molar-refractivity contribution is 5.30. The molecule has 3 aromatic rings. The molecular weight excluding hydrogens is 258 g/mol. The lowest BCUT2D eigenvalue weighted by Gasteiger charge is -2.09. The number of hydrogen-bond donors (Lipinski definition) is 0. The Bertz CT molecular complexity index is 674. The maximum Gasteiger partial charge on any atom is 0.0834 e. The third kappa shape index (κ3) is 3.57. The average Bonchev–Trinajstić information content (AvgIpc) is 2.97. The van der Waals surface area contributed by atoms with Crippen LogP contribution in [0.4, 0.5) is 0 Å². The molecule has 0 aliphatic carbocycles. The van der Waals surface area contributed by atoms with Gasteiger partial charge in [0, 0.05) is 0 Å². The normalized spacial score (nSPS) is 12.2. The zero-order valence-corrected chi connectivity index (χ0v) is 12.2. The summed E-state index contributed by atoms with van der Waals surface area (Å²) in [4.78, 5) is 0. The molecule has 3 rings (SSSR count). The zero-order chi connectivity index (χ0) is 14.5. The Morgan fingerprint density at radius 3 is 2.29 bits per heavy atom. The zero-order valence-electron chi connectivity index (χ0n) is 12.2. The van der Waals surface area contributed by atoms with E-state index in [-0.39, 0.29) is 0 Å². The minimum atomic E-state index is 0.549. The van der Waals surface area contributed by atoms with E-state index < -0.39 is 0 Å². The van der Waals surface area contributed by atoms with Crippen molar-refractivity contribution in [3.8, 4) is 5.69 Å². The van der Waals surface area contributed by atoms with Crippen molar-refractivity contribution in [3.63, 3.8) is 0 Å². The maximum absolute atomic E-state index is 4.29. The van der Waals surface area contributed by atoms with Crippen LogP contribution in [0.2, 0.25) is 0 Å². The highest BCUT2D eigenvalue weighted by Crippen LogP contribution is 2.14. The van der Waals surface area contributed by atoms with Crippen LogP contribution in [0.3, 0.4) is 0 Å². The first-order valence-corrected chi connectivity index (χ1v) is 7.32. The third-order valence-electron chi connectivity index (χ3n) is 3.55. The van der Waals surface area contributed by atoms with Crippen LogP contribution < -0.4 is 0 Å². The van der Waals surface area contributed by atoms with Crippen LogP contribution in [-0.2, 0) is 12.8 Å². The van der Waals surface area contributed by atoms with Crippen molar-refractivity contribution in [3.05, 3.63) is 78.1 Å². The Kier molecular flexibility index (Phi) is 4.10. The summed E-state index contributed by atoms with van der Waals surface area (Å²) in [6, 6.07) is 20.7. The van der Waals surface area contributed by atoms with Gasteiger partial charge >= 0.3 is 0 Å². The second kappa shape index (κ2) is 6.35. The van der Waals surface area contributed by atoms with Crippen molar-refractivity contribution in [2.45, 2.75) is 19.8 Å². The van der Waals surface area contributed by atoms with Gasteiger partial charge in [-0.1, -0.05) is 60.7 Å². The summed E-state index contributed by atoms with van der Waals surface area (Å²) in [5.74, 6) is 0.549. The van der Waals surface area contributed by atoms with Gasteiger partial charge in [0.15, 0.2) is 0 Å². The molecule has 0 bridgehead atoms. The molecule has 3 heteroatoms. The van der Waals surface area contributed by atoms with Crippen molar-refractivity contribution in [2.75, 3.05) is 0 Å². The lowest BCUT2D eigenvalue weighted by molar-refractivity contribution is 0.568. The van der Waals surface area contributed by atoms with Crippen molar-refractivity contribution < 1.29 is 0 Å². The fourth-order valence-electron chi connectivity index (χ4n) is 2.54. The lowest BCUT2D eigenvalue weighted by atomic mass is 9.97. The summed E-state index contributed by atoms with van der Waals surface area (Å²) in [5, 5.41) is 8.50. The molecular formula is C18H19N3. The van der Waals surface area contributed by atoms with E-state index in [2.05, 4.69) is 47.6 Å². The molecule has 0 N–H and O–H groups in total. The van der Waals surface area contributed by atoms with Crippen LogP contribution in [0.25, 0.3) is 5.69 Å². The Hall–Kier alpha value is -2.42. The summed E-state index contributed by atoms with van der Waals surface area (Å²) in [6.45, 7) is 2.26. The summed E-state index contributed by atoms with van der Waals surface area (Å²) in [5.41, 5.74) is 3.47. The molecule has 3 nitrogen and oxygen atoms in total. The number of hydrogen-bond acceptors (Lipinski definition) is 2. The van der Waals surface area contributed by atoms with Crippen molar-refractivity contribution in [2.24, 2.45) is 5.92 Å². The van der Waals surface area contributed by atoms with Crippen molar-refractivity contribution in [1.82, 2.24) is 15.0 Å². The number of aromatic nitrogens is 3. The standard InChI is InChI=1S/C18H19N3/c1-15(12-16-8-4-2-5-9-16)13-17-14-21(20-19-17)18-10-6-3-7-11-18/h2-11,14-15H,12-13H2,1H3/t15-/m1/s1.